The summed E-state index contributed by atoms with van der Waals surface area (Å²) in [5.41, 5.74) is -4.04. The molecule has 2 unspecified atom stereocenters. The molecule has 22 heteroatoms. The third-order valence-electron chi connectivity index (χ3n) is 16.1. The number of esters is 1. The molecule has 0 spiro atoms. The maximum Gasteiger partial charge on any atom is 0.309 e. The minimum atomic E-state index is -1.85. The summed E-state index contributed by atoms with van der Waals surface area (Å²) in [7, 11) is 5.17. The molecule has 21 nitrogen and oxygen atoms in total. The van der Waals surface area contributed by atoms with Crippen molar-refractivity contribution in [3.63, 3.8) is 0 Å². The zero-order valence-corrected chi connectivity index (χ0v) is 45.0. The molecule has 3 aliphatic rings. The van der Waals surface area contributed by atoms with Gasteiger partial charge in [-0.3, -0.25) is 19.7 Å². The topological polar surface area (TPSA) is 274 Å². The largest absolute Gasteiger partial charge is 0.459 e. The molecule has 2 aromatic rings. The molecule has 0 radical (unpaired) electrons. The molecular weight excluding hydrogens is 954 g/mol. The molecule has 414 valence electrons. The Bertz CT molecular complexity index is 2120. The van der Waals surface area contributed by atoms with E-state index in [-0.39, 0.29) is 43.0 Å². The number of carbonyl (C=O) groups excluding carboxylic acids is 2. The van der Waals surface area contributed by atoms with Crippen LogP contribution in [-0.2, 0) is 34.9 Å². The Balaban J connectivity index is 1.41. The lowest BCUT2D eigenvalue weighted by Gasteiger charge is -2.51. The number of methoxy groups -OCH3 is 1. The lowest BCUT2D eigenvalue weighted by atomic mass is 9.68. The molecule has 73 heavy (non-hydrogen) atoms. The first-order chi connectivity index (χ1) is 34.1. The van der Waals surface area contributed by atoms with E-state index in [0.29, 0.717) is 31.6 Å². The molecular formula is C51H84FN7O14. The predicted octanol–water partition coefficient (Wildman–Crippen LogP) is 3.23. The van der Waals surface area contributed by atoms with Gasteiger partial charge in [-0.25, -0.2) is 9.07 Å². The number of hydrogen-bond donors (Lipinski definition) is 6. The van der Waals surface area contributed by atoms with Gasteiger partial charge in [0.2, 0.25) is 0 Å². The van der Waals surface area contributed by atoms with Crippen LogP contribution in [0.2, 0.25) is 0 Å². The Kier molecular flexibility index (Phi) is 20.5. The molecule has 19 atom stereocenters. The molecule has 3 saturated heterocycles. The highest BCUT2D eigenvalue weighted by atomic mass is 19.1. The summed E-state index contributed by atoms with van der Waals surface area (Å²) < 4.78 is 47.7. The van der Waals surface area contributed by atoms with Crippen LogP contribution >= 0.6 is 0 Å². The van der Waals surface area contributed by atoms with Gasteiger partial charge < -0.3 is 64.3 Å². The van der Waals surface area contributed by atoms with E-state index < -0.39 is 131 Å². The van der Waals surface area contributed by atoms with E-state index in [0.717, 1.165) is 0 Å². The second-order valence-corrected chi connectivity index (χ2v) is 22.0. The second-order valence-electron chi connectivity index (χ2n) is 22.0. The van der Waals surface area contributed by atoms with Crippen LogP contribution in [0, 0.1) is 33.8 Å². The molecule has 1 aromatic carbocycles. The van der Waals surface area contributed by atoms with Crippen molar-refractivity contribution in [3.8, 4) is 0 Å². The van der Waals surface area contributed by atoms with E-state index in [2.05, 4.69) is 15.6 Å². The monoisotopic (exact) mass is 1040 g/mol. The number of likely N-dealkylation sites (N-methyl/N-ethyl adjacent to an activating group) is 2. The van der Waals surface area contributed by atoms with Crippen molar-refractivity contribution in [2.75, 3.05) is 47.5 Å². The van der Waals surface area contributed by atoms with Crippen LogP contribution in [0.5, 0.6) is 0 Å². The van der Waals surface area contributed by atoms with Crippen molar-refractivity contribution in [1.82, 2.24) is 30.1 Å². The number of non-ortho nitro benzene ring substituents is 1. The number of amides is 1. The second kappa shape index (κ2) is 24.9. The summed E-state index contributed by atoms with van der Waals surface area (Å²) >= 11 is 0. The van der Waals surface area contributed by atoms with E-state index in [4.69, 9.17) is 23.7 Å². The first-order valence-electron chi connectivity index (χ1n) is 25.7. The van der Waals surface area contributed by atoms with E-state index in [1.54, 1.807) is 47.7 Å². The minimum Gasteiger partial charge on any atom is -0.459 e. The van der Waals surface area contributed by atoms with Gasteiger partial charge in [0.05, 0.1) is 58.2 Å². The maximum atomic E-state index is 14.6. The lowest BCUT2D eigenvalue weighted by molar-refractivity contribution is -0.384. The van der Waals surface area contributed by atoms with Crippen molar-refractivity contribution >= 4 is 17.6 Å². The molecule has 5 rings (SSSR count). The standard InChI is InChI=1S/C51H84FN7O14/c1-14-40-51(10,66)43(61)32(6)57(12)26-28(2)22-49(8,65)45(30(4)41(31(5)47(64)72-40)39-23-50(9,69-13)44(62)33(7)71-39)73-48-42(60)38(21-29(3)70-48)56(11)20-19-35-27-58(55-54-35)37(24-52)25-53-46(63)34-15-17-36(18-16-34)59(67)68/h15-18,27-33,37-45,48,60-62,65-66H,14,19-26H2,1-13H3,(H,53,63)/t28-,29-,30+,31-,32-,33+,37?,38+,39?,40-,41+,42-,43-,44+,45-,48+,49-,50-,51-/m1/s1. The van der Waals surface area contributed by atoms with E-state index in [9.17, 15) is 49.6 Å². The van der Waals surface area contributed by atoms with Crippen molar-refractivity contribution in [2.45, 2.75) is 191 Å². The number of halogens is 1. The van der Waals surface area contributed by atoms with Gasteiger partial charge in [-0.1, -0.05) is 32.9 Å². The quantitative estimate of drug-likeness (QED) is 0.0849. The van der Waals surface area contributed by atoms with Crippen LogP contribution in [0.3, 0.4) is 0 Å². The number of nitro benzene ring substituents is 1. The van der Waals surface area contributed by atoms with Gasteiger partial charge in [0.15, 0.2) is 6.29 Å². The van der Waals surface area contributed by atoms with Crippen molar-refractivity contribution in [3.05, 3.63) is 51.8 Å². The van der Waals surface area contributed by atoms with Crippen LogP contribution in [0.4, 0.5) is 10.1 Å². The number of aromatic nitrogens is 3. The van der Waals surface area contributed by atoms with E-state index in [1.165, 1.54) is 43.0 Å². The van der Waals surface area contributed by atoms with Gasteiger partial charge in [-0.2, -0.15) is 0 Å². The number of nitro groups is 1. The maximum absolute atomic E-state index is 14.6. The van der Waals surface area contributed by atoms with Gasteiger partial charge in [-0.15, -0.1) is 5.10 Å². The Morgan fingerprint density at radius 3 is 2.32 bits per heavy atom. The number of ether oxygens (including phenoxy) is 5. The molecule has 0 saturated carbocycles. The first-order valence-corrected chi connectivity index (χ1v) is 25.7. The number of rotatable bonds is 15. The van der Waals surface area contributed by atoms with Crippen LogP contribution in [0.25, 0.3) is 0 Å². The van der Waals surface area contributed by atoms with Crippen molar-refractivity contribution in [2.24, 2.45) is 23.7 Å². The number of alkyl halides is 1. The van der Waals surface area contributed by atoms with Gasteiger partial charge in [0.1, 0.15) is 36.7 Å². The molecule has 3 fully saturated rings. The Morgan fingerprint density at radius 2 is 1.71 bits per heavy atom. The third kappa shape index (κ3) is 14.0. The normalized spacial score (nSPS) is 39.0. The number of aliphatic hydroxyl groups is 5. The Morgan fingerprint density at radius 1 is 1.05 bits per heavy atom. The number of carbonyl (C=O) groups is 2. The third-order valence-corrected chi connectivity index (χ3v) is 16.1. The summed E-state index contributed by atoms with van der Waals surface area (Å²) in [6, 6.07) is 3.07. The minimum absolute atomic E-state index is 0.122. The van der Waals surface area contributed by atoms with E-state index in [1.807, 2.05) is 44.7 Å². The molecule has 1 amide bonds. The van der Waals surface area contributed by atoms with Gasteiger partial charge in [0, 0.05) is 81.5 Å². The summed E-state index contributed by atoms with van der Waals surface area (Å²) in [5.74, 6) is -3.90. The van der Waals surface area contributed by atoms with Crippen molar-refractivity contribution in [1.29, 1.82) is 0 Å². The van der Waals surface area contributed by atoms with Gasteiger partial charge in [-0.05, 0) is 98.9 Å². The van der Waals surface area contributed by atoms with Gasteiger partial charge in [0.25, 0.3) is 11.6 Å². The fourth-order valence-corrected chi connectivity index (χ4v) is 11.5. The number of aliphatic hydroxyl groups excluding tert-OH is 3. The molecule has 4 heterocycles. The summed E-state index contributed by atoms with van der Waals surface area (Å²) in [4.78, 5) is 41.6. The van der Waals surface area contributed by atoms with Crippen LogP contribution < -0.4 is 5.32 Å². The zero-order chi connectivity index (χ0) is 54.5. The number of benzene rings is 1. The highest BCUT2D eigenvalue weighted by molar-refractivity contribution is 5.94. The summed E-state index contributed by atoms with van der Waals surface area (Å²) in [5, 5.41) is 82.0. The SMILES string of the molecule is CC[C@H]1OC(=O)[C@H](C)[C@@H](C2C[C@@](C)(OC)[C@@H](O)[C@H](C)O2)[C@H](C)[C@@H](O[C@@H]2O[C@H](C)C[C@H](N(C)CCc3cn(C(CF)CNC(=O)c4ccc([N+](=O)[O-])cc4)nn3)[C@H]2O)[C@](C)(O)C[C@@H](C)CN(C)[C@H](C)[C@@H](O)[C@]1(C)O. The van der Waals surface area contributed by atoms with Crippen LogP contribution in [0.1, 0.15) is 117 Å². The smallest absolute Gasteiger partial charge is 0.309 e. The van der Waals surface area contributed by atoms with Crippen LogP contribution in [0.15, 0.2) is 30.5 Å². The average Bonchev–Trinajstić information content (AvgIpc) is 3.81. The molecule has 6 N–H and O–H groups in total. The van der Waals surface area contributed by atoms with Gasteiger partial charge >= 0.3 is 5.97 Å². The summed E-state index contributed by atoms with van der Waals surface area (Å²) in [6.07, 6.45) is -6.12. The van der Waals surface area contributed by atoms with E-state index >= 15 is 0 Å². The predicted molar refractivity (Wildman–Crippen MR) is 266 cm³/mol. The number of cyclic esters (lactones) is 1. The number of nitrogens with one attached hydrogen (secondary N) is 1. The average molecular weight is 1040 g/mol. The summed E-state index contributed by atoms with van der Waals surface area (Å²) in [6.45, 7) is 17.4. The fraction of sp³-hybridized carbons (Fsp3) is 0.804. The molecule has 1 aromatic heterocycles. The first kappa shape index (κ1) is 60.1. The molecule has 0 bridgehead atoms. The highest BCUT2D eigenvalue weighted by Gasteiger charge is 2.55. The highest BCUT2D eigenvalue weighted by Crippen LogP contribution is 2.45. The van der Waals surface area contributed by atoms with Crippen molar-refractivity contribution < 1.29 is 68.1 Å². The number of hydrogen-bond acceptors (Lipinski definition) is 18. The molecule has 3 aliphatic heterocycles. The lowest BCUT2D eigenvalue weighted by Crippen LogP contribution is -2.62. The molecule has 0 aliphatic carbocycles. The zero-order valence-electron chi connectivity index (χ0n) is 45.0. The fourth-order valence-electron chi connectivity index (χ4n) is 11.5. The Hall–Kier alpha value is -3.81. The van der Waals surface area contributed by atoms with Crippen LogP contribution in [-0.4, -0.2) is 199 Å². The number of nitrogens with zero attached hydrogens (tertiary/aromatic N) is 6. The Labute approximate surface area is 429 Å².